The highest BCUT2D eigenvalue weighted by atomic mass is 79.9. The number of nitrogens with zero attached hydrogens (tertiary/aromatic N) is 2. The number of hydrogen-bond acceptors (Lipinski definition) is 4. The third-order valence-corrected chi connectivity index (χ3v) is 2.69. The van der Waals surface area contributed by atoms with Gasteiger partial charge in [0.1, 0.15) is 0 Å². The van der Waals surface area contributed by atoms with Crippen LogP contribution in [0.3, 0.4) is 0 Å². The molecule has 5 heteroatoms. The zero-order valence-electron chi connectivity index (χ0n) is 7.74. The molecule has 1 aliphatic rings. The van der Waals surface area contributed by atoms with E-state index in [4.69, 9.17) is 9.15 Å². The molecule has 0 unspecified atom stereocenters. The van der Waals surface area contributed by atoms with Gasteiger partial charge >= 0.3 is 0 Å². The number of rotatable bonds is 1. The molecule has 2 heterocycles. The lowest BCUT2D eigenvalue weighted by atomic mass is 10.1. The molecular weight excluding hydrogens is 260 g/mol. The van der Waals surface area contributed by atoms with Gasteiger partial charge in [-0.3, -0.25) is 0 Å². The summed E-state index contributed by atoms with van der Waals surface area (Å²) in [5.41, 5.74) is 3.36. The van der Waals surface area contributed by atoms with Crippen LogP contribution in [-0.2, 0) is 18.0 Å². The van der Waals surface area contributed by atoms with Gasteiger partial charge in [0.25, 0.3) is 4.80 Å². The Morgan fingerprint density at radius 2 is 2.00 bits per heavy atom. The highest BCUT2D eigenvalue weighted by Crippen LogP contribution is 2.26. The van der Waals surface area contributed by atoms with Crippen LogP contribution in [0.1, 0.15) is 11.1 Å². The topological polar surface area (TPSA) is 48.2 Å². The molecule has 76 valence electrons. The lowest BCUT2D eigenvalue weighted by Crippen LogP contribution is -1.84. The first-order valence-electron chi connectivity index (χ1n) is 4.52. The minimum absolute atomic E-state index is 0.397. The predicted octanol–water partition coefficient (Wildman–Crippen LogP) is 2.53. The quantitative estimate of drug-likeness (QED) is 0.796. The van der Waals surface area contributed by atoms with Crippen molar-refractivity contribution in [1.82, 2.24) is 10.2 Å². The smallest absolute Gasteiger partial charge is 0.285 e. The molecular formula is C10H7BrN2O2. The van der Waals surface area contributed by atoms with Crippen molar-refractivity contribution in [3.05, 3.63) is 34.1 Å². The molecule has 2 aromatic rings. The maximum atomic E-state index is 5.34. The summed E-state index contributed by atoms with van der Waals surface area (Å²) in [5.74, 6) is 0.525. The molecule has 0 aliphatic carbocycles. The van der Waals surface area contributed by atoms with E-state index < -0.39 is 0 Å². The first-order valence-corrected chi connectivity index (χ1v) is 5.31. The number of halogens is 1. The standard InChI is InChI=1S/C10H7BrN2O2/c11-10-13-12-9(15-10)6-1-2-7-4-14-5-8(7)3-6/h1-3H,4-5H2. The number of fused-ring (bicyclic) bond motifs is 1. The highest BCUT2D eigenvalue weighted by molar-refractivity contribution is 9.10. The van der Waals surface area contributed by atoms with Crippen LogP contribution in [0.15, 0.2) is 27.4 Å². The summed E-state index contributed by atoms with van der Waals surface area (Å²) in [6.45, 7) is 1.36. The van der Waals surface area contributed by atoms with E-state index in [0.29, 0.717) is 23.9 Å². The fraction of sp³-hybridized carbons (Fsp3) is 0.200. The molecule has 0 fully saturated rings. The van der Waals surface area contributed by atoms with E-state index >= 15 is 0 Å². The molecule has 3 rings (SSSR count). The van der Waals surface area contributed by atoms with Gasteiger partial charge in [0.15, 0.2) is 0 Å². The second-order valence-electron chi connectivity index (χ2n) is 3.34. The SMILES string of the molecule is Brc1nnc(-c2ccc3c(c2)COC3)o1. The highest BCUT2D eigenvalue weighted by Gasteiger charge is 2.14. The number of hydrogen-bond donors (Lipinski definition) is 0. The van der Waals surface area contributed by atoms with Gasteiger partial charge in [0.2, 0.25) is 5.89 Å². The van der Waals surface area contributed by atoms with Crippen LogP contribution in [-0.4, -0.2) is 10.2 Å². The van der Waals surface area contributed by atoms with E-state index in [9.17, 15) is 0 Å². The molecule has 1 aliphatic heterocycles. The summed E-state index contributed by atoms with van der Waals surface area (Å²) in [5, 5.41) is 7.66. The van der Waals surface area contributed by atoms with E-state index in [2.05, 4.69) is 26.1 Å². The zero-order chi connectivity index (χ0) is 10.3. The Hall–Kier alpha value is -1.20. The summed E-state index contributed by atoms with van der Waals surface area (Å²) in [6, 6.07) is 6.03. The van der Waals surface area contributed by atoms with Gasteiger partial charge in [-0.25, -0.2) is 0 Å². The Labute approximate surface area is 94.4 Å². The Morgan fingerprint density at radius 1 is 1.13 bits per heavy atom. The largest absolute Gasteiger partial charge is 0.411 e. The lowest BCUT2D eigenvalue weighted by molar-refractivity contribution is 0.134. The van der Waals surface area contributed by atoms with Crippen molar-refractivity contribution in [2.75, 3.05) is 0 Å². The van der Waals surface area contributed by atoms with Gasteiger partial charge in [0, 0.05) is 21.5 Å². The second kappa shape index (κ2) is 3.43. The van der Waals surface area contributed by atoms with Gasteiger partial charge in [-0.1, -0.05) is 6.07 Å². The van der Waals surface area contributed by atoms with Crippen LogP contribution in [0.25, 0.3) is 11.5 Å². The maximum absolute atomic E-state index is 5.34. The molecule has 0 saturated heterocycles. The molecule has 0 saturated carbocycles. The van der Waals surface area contributed by atoms with E-state index in [1.807, 2.05) is 18.2 Å². The first kappa shape index (κ1) is 9.06. The molecule has 0 radical (unpaired) electrons. The lowest BCUT2D eigenvalue weighted by Gasteiger charge is -1.98. The van der Waals surface area contributed by atoms with E-state index in [1.165, 1.54) is 11.1 Å². The van der Waals surface area contributed by atoms with Crippen LogP contribution in [0.5, 0.6) is 0 Å². The van der Waals surface area contributed by atoms with Gasteiger partial charge < -0.3 is 9.15 Å². The molecule has 0 spiro atoms. The summed E-state index contributed by atoms with van der Waals surface area (Å²) >= 11 is 3.13. The van der Waals surface area contributed by atoms with Gasteiger partial charge in [-0.05, 0) is 23.3 Å². The van der Waals surface area contributed by atoms with Crippen molar-refractivity contribution in [3.63, 3.8) is 0 Å². The van der Waals surface area contributed by atoms with E-state index in [-0.39, 0.29) is 0 Å². The minimum atomic E-state index is 0.397. The summed E-state index contributed by atoms with van der Waals surface area (Å²) in [6.07, 6.45) is 0. The average Bonchev–Trinajstić information content (AvgIpc) is 2.84. The Morgan fingerprint density at radius 3 is 2.80 bits per heavy atom. The molecule has 4 nitrogen and oxygen atoms in total. The average molecular weight is 267 g/mol. The van der Waals surface area contributed by atoms with Crippen LogP contribution < -0.4 is 0 Å². The fourth-order valence-corrected chi connectivity index (χ4v) is 1.86. The van der Waals surface area contributed by atoms with Gasteiger partial charge in [0.05, 0.1) is 13.2 Å². The third kappa shape index (κ3) is 1.57. The fourth-order valence-electron chi connectivity index (χ4n) is 1.63. The van der Waals surface area contributed by atoms with Crippen LogP contribution >= 0.6 is 15.9 Å². The van der Waals surface area contributed by atoms with E-state index in [0.717, 1.165) is 5.56 Å². The van der Waals surface area contributed by atoms with Crippen molar-refractivity contribution in [2.45, 2.75) is 13.2 Å². The summed E-state index contributed by atoms with van der Waals surface area (Å²) in [7, 11) is 0. The minimum Gasteiger partial charge on any atom is -0.411 e. The van der Waals surface area contributed by atoms with Gasteiger partial charge in [-0.2, -0.15) is 0 Å². The molecule has 15 heavy (non-hydrogen) atoms. The first-order chi connectivity index (χ1) is 7.33. The zero-order valence-corrected chi connectivity index (χ0v) is 9.32. The van der Waals surface area contributed by atoms with Crippen LogP contribution in [0.4, 0.5) is 0 Å². The summed E-state index contributed by atoms with van der Waals surface area (Å²) in [4.78, 5) is 0.397. The van der Waals surface area contributed by atoms with Crippen LogP contribution in [0.2, 0.25) is 0 Å². The van der Waals surface area contributed by atoms with Gasteiger partial charge in [-0.15, -0.1) is 10.2 Å². The molecule has 1 aromatic heterocycles. The van der Waals surface area contributed by atoms with Crippen molar-refractivity contribution < 1.29 is 9.15 Å². The van der Waals surface area contributed by atoms with Crippen molar-refractivity contribution >= 4 is 15.9 Å². The van der Waals surface area contributed by atoms with Crippen molar-refractivity contribution in [1.29, 1.82) is 0 Å². The molecule has 1 aromatic carbocycles. The van der Waals surface area contributed by atoms with Crippen molar-refractivity contribution in [3.8, 4) is 11.5 Å². The van der Waals surface area contributed by atoms with E-state index in [1.54, 1.807) is 0 Å². The Balaban J connectivity index is 2.06. The van der Waals surface area contributed by atoms with Crippen LogP contribution in [0, 0.1) is 0 Å². The molecule has 0 bridgehead atoms. The molecule has 0 atom stereocenters. The summed E-state index contributed by atoms with van der Waals surface area (Å²) < 4.78 is 10.6. The number of benzene rings is 1. The number of aromatic nitrogens is 2. The predicted molar refractivity (Wildman–Crippen MR) is 55.9 cm³/mol. The van der Waals surface area contributed by atoms with Crippen molar-refractivity contribution in [2.24, 2.45) is 0 Å². The number of ether oxygens (including phenoxy) is 1. The Kier molecular flexibility index (Phi) is 2.07. The normalized spacial score (nSPS) is 14.2. The molecule has 0 amide bonds. The maximum Gasteiger partial charge on any atom is 0.285 e. The monoisotopic (exact) mass is 266 g/mol. The second-order valence-corrected chi connectivity index (χ2v) is 4.01. The molecule has 0 N–H and O–H groups in total. The Bertz CT molecular complexity index is 510. The third-order valence-electron chi connectivity index (χ3n) is 2.37.